The number of hydrogen-bond donors (Lipinski definition) is 0. The molecule has 1 saturated carbocycles. The zero-order valence-corrected chi connectivity index (χ0v) is 20.0. The molecule has 2 aromatic rings. The van der Waals surface area contributed by atoms with E-state index in [1.165, 1.54) is 49.9 Å². The van der Waals surface area contributed by atoms with Crippen molar-refractivity contribution in [2.75, 3.05) is 0 Å². The zero-order chi connectivity index (χ0) is 23.0. The van der Waals surface area contributed by atoms with Gasteiger partial charge in [0, 0.05) is 5.92 Å². The third-order valence-electron chi connectivity index (χ3n) is 8.51. The largest absolute Gasteiger partial charge is 0.488 e. The molecule has 2 nitrogen and oxygen atoms in total. The van der Waals surface area contributed by atoms with Gasteiger partial charge < -0.3 is 4.74 Å². The summed E-state index contributed by atoms with van der Waals surface area (Å²) in [5.74, 6) is 1.94. The van der Waals surface area contributed by atoms with Crippen LogP contribution in [0.5, 0.6) is 0 Å². The van der Waals surface area contributed by atoms with Gasteiger partial charge in [-0.15, -0.1) is 0 Å². The summed E-state index contributed by atoms with van der Waals surface area (Å²) < 4.78 is 7.04. The minimum Gasteiger partial charge on any atom is -0.488 e. The Morgan fingerprint density at radius 3 is 2.44 bits per heavy atom. The van der Waals surface area contributed by atoms with Gasteiger partial charge in [0.2, 0.25) is 0 Å². The standard InChI is InChI=1S/C32H34O2/c33-30-26(21-23-11-4-1-5-12-23)19-20-32(30)22-27-17-10-18-28(24-13-6-2-7-14-24)29(27)34-31(32)25-15-8-3-9-16-25/h1,3-5,8-9,11-13,15-16,21,28,31H,2,6-7,10,14,17-20,22H2/t28-,31-,32+/m1/s1. The normalized spacial score (nSPS) is 30.3. The highest BCUT2D eigenvalue weighted by atomic mass is 16.5. The van der Waals surface area contributed by atoms with Crippen LogP contribution >= 0.6 is 0 Å². The number of carbonyl (C=O) groups is 1. The van der Waals surface area contributed by atoms with Crippen LogP contribution in [0.15, 0.2) is 89.2 Å². The van der Waals surface area contributed by atoms with E-state index in [9.17, 15) is 4.79 Å². The topological polar surface area (TPSA) is 26.3 Å². The van der Waals surface area contributed by atoms with Crippen LogP contribution in [0.25, 0.3) is 6.08 Å². The van der Waals surface area contributed by atoms with Crippen molar-refractivity contribution in [1.82, 2.24) is 0 Å². The van der Waals surface area contributed by atoms with E-state index >= 15 is 0 Å². The monoisotopic (exact) mass is 450 g/mol. The van der Waals surface area contributed by atoms with Crippen LogP contribution in [0.3, 0.4) is 0 Å². The highest BCUT2D eigenvalue weighted by Crippen LogP contribution is 2.59. The van der Waals surface area contributed by atoms with Crippen molar-refractivity contribution < 1.29 is 9.53 Å². The number of hydrogen-bond acceptors (Lipinski definition) is 2. The van der Waals surface area contributed by atoms with Gasteiger partial charge in [0.25, 0.3) is 0 Å². The SMILES string of the molecule is O=C1C(=Cc2ccccc2)CC[C@]12CC1=C(O[C@@H]2c2ccccc2)[C@@H](C2=CCCCC2)CCC1. The summed E-state index contributed by atoms with van der Waals surface area (Å²) in [7, 11) is 0. The molecule has 1 aliphatic heterocycles. The van der Waals surface area contributed by atoms with E-state index in [2.05, 4.69) is 54.6 Å². The second kappa shape index (κ2) is 9.06. The maximum Gasteiger partial charge on any atom is 0.169 e. The maximum absolute atomic E-state index is 14.1. The number of ketones is 1. The third-order valence-corrected chi connectivity index (χ3v) is 8.51. The minimum atomic E-state index is -0.483. The van der Waals surface area contributed by atoms with Crippen molar-refractivity contribution in [2.24, 2.45) is 11.3 Å². The summed E-state index contributed by atoms with van der Waals surface area (Å²) in [5.41, 5.74) is 5.74. The number of benzene rings is 2. The van der Waals surface area contributed by atoms with Gasteiger partial charge in [-0.2, -0.15) is 0 Å². The molecule has 34 heavy (non-hydrogen) atoms. The molecule has 0 amide bonds. The summed E-state index contributed by atoms with van der Waals surface area (Å²) in [6.45, 7) is 0. The third kappa shape index (κ3) is 3.78. The summed E-state index contributed by atoms with van der Waals surface area (Å²) in [5, 5.41) is 0. The smallest absolute Gasteiger partial charge is 0.169 e. The highest BCUT2D eigenvalue weighted by molar-refractivity contribution is 6.06. The molecule has 6 rings (SSSR count). The maximum atomic E-state index is 14.1. The fourth-order valence-corrected chi connectivity index (χ4v) is 6.83. The molecule has 4 aliphatic rings. The van der Waals surface area contributed by atoms with E-state index in [1.54, 1.807) is 5.57 Å². The lowest BCUT2D eigenvalue weighted by Gasteiger charge is -2.46. The van der Waals surface area contributed by atoms with Crippen LogP contribution in [-0.4, -0.2) is 5.78 Å². The molecule has 0 N–H and O–H groups in total. The molecule has 0 bridgehead atoms. The van der Waals surface area contributed by atoms with Crippen molar-refractivity contribution in [3.63, 3.8) is 0 Å². The minimum absolute atomic E-state index is 0.202. The zero-order valence-electron chi connectivity index (χ0n) is 20.0. The highest BCUT2D eigenvalue weighted by Gasteiger charge is 2.56. The van der Waals surface area contributed by atoms with Gasteiger partial charge in [-0.25, -0.2) is 0 Å². The average Bonchev–Trinajstić information content (AvgIpc) is 3.19. The molecule has 3 aliphatic carbocycles. The molecule has 0 radical (unpaired) electrons. The van der Waals surface area contributed by atoms with Crippen molar-refractivity contribution in [3.05, 3.63) is 100 Å². The van der Waals surface area contributed by atoms with Gasteiger partial charge in [0.15, 0.2) is 5.78 Å². The Balaban J connectivity index is 1.41. The van der Waals surface area contributed by atoms with Crippen LogP contribution in [0.1, 0.15) is 81.4 Å². The van der Waals surface area contributed by atoms with Crippen LogP contribution in [0.4, 0.5) is 0 Å². The Bertz CT molecular complexity index is 1150. The summed E-state index contributed by atoms with van der Waals surface area (Å²) in [6.07, 6.45) is 15.4. The first-order valence-corrected chi connectivity index (χ1v) is 13.2. The van der Waals surface area contributed by atoms with Gasteiger partial charge in [-0.1, -0.05) is 72.3 Å². The molecule has 2 aromatic carbocycles. The summed E-state index contributed by atoms with van der Waals surface area (Å²) >= 11 is 0. The summed E-state index contributed by atoms with van der Waals surface area (Å²) in [6, 6.07) is 20.8. The molecular formula is C32H34O2. The molecule has 1 spiro atoms. The second-order valence-electron chi connectivity index (χ2n) is 10.6. The molecule has 1 fully saturated rings. The second-order valence-corrected chi connectivity index (χ2v) is 10.6. The molecule has 0 aromatic heterocycles. The number of carbonyl (C=O) groups excluding carboxylic acids is 1. The van der Waals surface area contributed by atoms with Gasteiger partial charge in [0.1, 0.15) is 11.9 Å². The van der Waals surface area contributed by atoms with E-state index < -0.39 is 5.41 Å². The Hall–Kier alpha value is -2.87. The quantitative estimate of drug-likeness (QED) is 0.348. The molecule has 3 atom stereocenters. The number of ether oxygens (including phenoxy) is 1. The average molecular weight is 451 g/mol. The summed E-state index contributed by atoms with van der Waals surface area (Å²) in [4.78, 5) is 14.1. The van der Waals surface area contributed by atoms with E-state index in [-0.39, 0.29) is 6.10 Å². The van der Waals surface area contributed by atoms with Gasteiger partial charge in [-0.3, -0.25) is 4.79 Å². The van der Waals surface area contributed by atoms with Crippen LogP contribution in [0.2, 0.25) is 0 Å². The molecule has 1 heterocycles. The van der Waals surface area contributed by atoms with Gasteiger partial charge in [0.05, 0.1) is 5.41 Å². The van der Waals surface area contributed by atoms with Crippen molar-refractivity contribution in [2.45, 2.75) is 70.3 Å². The van der Waals surface area contributed by atoms with Crippen LogP contribution in [0, 0.1) is 11.3 Å². The van der Waals surface area contributed by atoms with Gasteiger partial charge >= 0.3 is 0 Å². The lowest BCUT2D eigenvalue weighted by atomic mass is 9.66. The van der Waals surface area contributed by atoms with Crippen LogP contribution < -0.4 is 0 Å². The first-order chi connectivity index (χ1) is 16.7. The lowest BCUT2D eigenvalue weighted by Crippen LogP contribution is -2.40. The fraction of sp³-hybridized carbons (Fsp3) is 0.406. The first kappa shape index (κ1) is 21.6. The molecule has 174 valence electrons. The van der Waals surface area contributed by atoms with Crippen molar-refractivity contribution >= 4 is 11.9 Å². The Morgan fingerprint density at radius 1 is 0.882 bits per heavy atom. The van der Waals surface area contributed by atoms with Gasteiger partial charge in [-0.05, 0) is 92.6 Å². The molecule has 2 heteroatoms. The Labute approximate surface area is 203 Å². The molecular weight excluding hydrogens is 416 g/mol. The lowest BCUT2D eigenvalue weighted by molar-refractivity contribution is -0.134. The molecule has 0 saturated heterocycles. The van der Waals surface area contributed by atoms with E-state index in [0.29, 0.717) is 11.7 Å². The Morgan fingerprint density at radius 2 is 1.68 bits per heavy atom. The first-order valence-electron chi connectivity index (χ1n) is 13.2. The van der Waals surface area contributed by atoms with E-state index in [1.807, 2.05) is 18.2 Å². The molecule has 0 unspecified atom stereocenters. The Kier molecular flexibility index (Phi) is 5.77. The van der Waals surface area contributed by atoms with Crippen molar-refractivity contribution in [1.29, 1.82) is 0 Å². The fourth-order valence-electron chi connectivity index (χ4n) is 6.83. The van der Waals surface area contributed by atoms with E-state index in [4.69, 9.17) is 4.74 Å². The number of Topliss-reactive ketones (excluding diaryl/α,β-unsaturated/α-hetero) is 1. The van der Waals surface area contributed by atoms with Crippen molar-refractivity contribution in [3.8, 4) is 0 Å². The number of allylic oxidation sites excluding steroid dienone is 4. The predicted octanol–water partition coefficient (Wildman–Crippen LogP) is 8.14. The van der Waals surface area contributed by atoms with Crippen LogP contribution in [-0.2, 0) is 9.53 Å². The van der Waals surface area contributed by atoms with E-state index in [0.717, 1.165) is 42.4 Å². The number of rotatable bonds is 3. The predicted molar refractivity (Wildman–Crippen MR) is 137 cm³/mol.